The second-order valence-electron chi connectivity index (χ2n) is 3.19. The summed E-state index contributed by atoms with van der Waals surface area (Å²) in [5.74, 6) is -1.27. The Balaban J connectivity index is 2.94. The predicted octanol–water partition coefficient (Wildman–Crippen LogP) is 0.189. The molecule has 0 aliphatic carbocycles. The fourth-order valence-corrected chi connectivity index (χ4v) is 1.86. The lowest BCUT2D eigenvalue weighted by atomic mass is 10.0. The van der Waals surface area contributed by atoms with Crippen LogP contribution in [0.2, 0.25) is 0 Å². The summed E-state index contributed by atoms with van der Waals surface area (Å²) < 4.78 is 24.6. The summed E-state index contributed by atoms with van der Waals surface area (Å²) >= 11 is 0. The fourth-order valence-electron chi connectivity index (χ4n) is 1.34. The first-order valence-corrected chi connectivity index (χ1v) is 5.97. The van der Waals surface area contributed by atoms with Gasteiger partial charge in [0.05, 0.1) is 18.1 Å². The molecule has 0 radical (unpaired) electrons. The Hall–Kier alpha value is -0.880. The van der Waals surface area contributed by atoms with E-state index in [1.54, 1.807) is 0 Å². The van der Waals surface area contributed by atoms with Crippen molar-refractivity contribution in [2.75, 3.05) is 20.3 Å². The molecule has 1 rings (SSSR count). The first-order chi connectivity index (χ1) is 7.41. The highest BCUT2D eigenvalue weighted by atomic mass is 31.2. The second kappa shape index (κ2) is 4.97. The molecule has 2 unspecified atom stereocenters. The number of esters is 1. The number of aliphatic hydroxyl groups is 1. The van der Waals surface area contributed by atoms with Gasteiger partial charge in [-0.2, -0.15) is 0 Å². The largest absolute Gasteiger partial charge is 0.526 e. The number of carbonyl (C=O) groups is 1. The number of phosphoric ester groups is 1. The Labute approximate surface area is 92.2 Å². The molecule has 1 saturated heterocycles. The molecule has 0 bridgehead atoms. The highest BCUT2D eigenvalue weighted by Crippen LogP contribution is 2.45. The van der Waals surface area contributed by atoms with Gasteiger partial charge in [0.2, 0.25) is 0 Å². The zero-order valence-electron chi connectivity index (χ0n) is 8.87. The molecule has 7 nitrogen and oxygen atoms in total. The third-order valence-electron chi connectivity index (χ3n) is 2.13. The molecule has 8 heteroatoms. The summed E-state index contributed by atoms with van der Waals surface area (Å²) in [5.41, 5.74) is 0.0637. The van der Waals surface area contributed by atoms with E-state index in [-0.39, 0.29) is 24.5 Å². The standard InChI is InChI=1S/C8H13O7P/c1-5(15-16(11,12)13-2)7-6(3-9)4-14-8(7)10/h6,9H,3-4H2,1-2H3,(H,11,12)/b7-5-. The molecule has 92 valence electrons. The van der Waals surface area contributed by atoms with Crippen molar-refractivity contribution in [3.05, 3.63) is 11.3 Å². The highest BCUT2D eigenvalue weighted by Gasteiger charge is 2.34. The van der Waals surface area contributed by atoms with E-state index in [1.165, 1.54) is 6.92 Å². The summed E-state index contributed by atoms with van der Waals surface area (Å²) in [7, 11) is -3.18. The highest BCUT2D eigenvalue weighted by molar-refractivity contribution is 7.47. The van der Waals surface area contributed by atoms with Crippen LogP contribution in [0.5, 0.6) is 0 Å². The Morgan fingerprint density at radius 1 is 1.69 bits per heavy atom. The average Bonchev–Trinajstić information content (AvgIpc) is 2.59. The number of ether oxygens (including phenoxy) is 1. The minimum Gasteiger partial charge on any atom is -0.461 e. The third-order valence-corrected chi connectivity index (χ3v) is 3.09. The molecule has 1 heterocycles. The van der Waals surface area contributed by atoms with Crippen LogP contribution in [0, 0.1) is 5.92 Å². The van der Waals surface area contributed by atoms with Crippen LogP contribution < -0.4 is 0 Å². The number of cyclic esters (lactones) is 1. The van der Waals surface area contributed by atoms with E-state index in [2.05, 4.69) is 13.8 Å². The van der Waals surface area contributed by atoms with Gasteiger partial charge < -0.3 is 14.4 Å². The fraction of sp³-hybridized carbons (Fsp3) is 0.625. The van der Waals surface area contributed by atoms with Crippen LogP contribution in [-0.2, 0) is 23.1 Å². The number of carbonyl (C=O) groups excluding carboxylic acids is 1. The summed E-state index contributed by atoms with van der Waals surface area (Å²) in [6, 6.07) is 0. The molecule has 0 spiro atoms. The monoisotopic (exact) mass is 252 g/mol. The van der Waals surface area contributed by atoms with Crippen molar-refractivity contribution < 1.29 is 33.1 Å². The Morgan fingerprint density at radius 2 is 2.31 bits per heavy atom. The molecule has 1 fully saturated rings. The molecule has 2 N–H and O–H groups in total. The molecule has 2 atom stereocenters. The van der Waals surface area contributed by atoms with Crippen LogP contribution in [0.15, 0.2) is 11.3 Å². The van der Waals surface area contributed by atoms with Crippen LogP contribution in [0.1, 0.15) is 6.92 Å². The maximum absolute atomic E-state index is 11.3. The summed E-state index contributed by atoms with van der Waals surface area (Å²) in [4.78, 5) is 20.3. The van der Waals surface area contributed by atoms with Crippen LogP contribution in [0.25, 0.3) is 0 Å². The van der Waals surface area contributed by atoms with Gasteiger partial charge in [-0.05, 0) is 6.92 Å². The van der Waals surface area contributed by atoms with Crippen molar-refractivity contribution in [2.24, 2.45) is 5.92 Å². The maximum Gasteiger partial charge on any atom is 0.526 e. The van der Waals surface area contributed by atoms with Crippen molar-refractivity contribution in [2.45, 2.75) is 6.92 Å². The number of aliphatic hydroxyl groups excluding tert-OH is 1. The van der Waals surface area contributed by atoms with Gasteiger partial charge in [-0.1, -0.05) is 0 Å². The van der Waals surface area contributed by atoms with Crippen molar-refractivity contribution in [1.29, 1.82) is 0 Å². The lowest BCUT2D eigenvalue weighted by molar-refractivity contribution is -0.135. The summed E-state index contributed by atoms with van der Waals surface area (Å²) in [5, 5.41) is 8.97. The number of hydrogen-bond donors (Lipinski definition) is 2. The molecule has 1 aliphatic rings. The van der Waals surface area contributed by atoms with Gasteiger partial charge in [-0.25, -0.2) is 9.36 Å². The SMILES string of the molecule is COP(=O)(O)O/C(C)=C1\C(=O)OCC1CO. The van der Waals surface area contributed by atoms with Crippen LogP contribution in [-0.4, -0.2) is 36.3 Å². The van der Waals surface area contributed by atoms with Gasteiger partial charge in [0.15, 0.2) is 0 Å². The van der Waals surface area contributed by atoms with Crippen molar-refractivity contribution in [3.8, 4) is 0 Å². The Bertz CT molecular complexity index is 361. The van der Waals surface area contributed by atoms with Crippen molar-refractivity contribution in [1.82, 2.24) is 0 Å². The summed E-state index contributed by atoms with van der Waals surface area (Å²) in [6.07, 6.45) is 0. The van der Waals surface area contributed by atoms with E-state index >= 15 is 0 Å². The molecule has 16 heavy (non-hydrogen) atoms. The number of allylic oxidation sites excluding steroid dienone is 1. The van der Waals surface area contributed by atoms with Gasteiger partial charge in [0, 0.05) is 7.11 Å². The molecular formula is C8H13O7P. The van der Waals surface area contributed by atoms with Crippen LogP contribution in [0.3, 0.4) is 0 Å². The molecule has 1 aliphatic heterocycles. The molecule has 0 aromatic carbocycles. The van der Waals surface area contributed by atoms with E-state index in [0.717, 1.165) is 7.11 Å². The molecule has 0 aromatic heterocycles. The molecule has 0 saturated carbocycles. The van der Waals surface area contributed by atoms with Gasteiger partial charge in [-0.15, -0.1) is 0 Å². The van der Waals surface area contributed by atoms with Crippen LogP contribution >= 0.6 is 7.82 Å². The second-order valence-corrected chi connectivity index (χ2v) is 4.68. The molecular weight excluding hydrogens is 239 g/mol. The van der Waals surface area contributed by atoms with Crippen molar-refractivity contribution in [3.63, 3.8) is 0 Å². The Kier molecular flexibility index (Phi) is 4.09. The van der Waals surface area contributed by atoms with Crippen molar-refractivity contribution >= 4 is 13.8 Å². The van der Waals surface area contributed by atoms with Gasteiger partial charge in [0.25, 0.3) is 0 Å². The first kappa shape index (κ1) is 13.2. The normalized spacial score (nSPS) is 27.2. The quantitative estimate of drug-likeness (QED) is 0.318. The van der Waals surface area contributed by atoms with Gasteiger partial charge >= 0.3 is 13.8 Å². The summed E-state index contributed by atoms with van der Waals surface area (Å²) in [6.45, 7) is 1.07. The molecule has 0 aromatic rings. The minimum atomic E-state index is -4.19. The topological polar surface area (TPSA) is 102 Å². The number of rotatable bonds is 4. The zero-order chi connectivity index (χ0) is 12.3. The van der Waals surface area contributed by atoms with Gasteiger partial charge in [0.1, 0.15) is 12.4 Å². The first-order valence-electron chi connectivity index (χ1n) is 4.48. The molecule has 0 amide bonds. The smallest absolute Gasteiger partial charge is 0.461 e. The lowest BCUT2D eigenvalue weighted by Gasteiger charge is -2.13. The number of phosphoric acid groups is 1. The van der Waals surface area contributed by atoms with E-state index in [4.69, 9.17) is 10.00 Å². The Morgan fingerprint density at radius 3 is 2.81 bits per heavy atom. The van der Waals surface area contributed by atoms with Gasteiger partial charge in [-0.3, -0.25) is 9.42 Å². The van der Waals surface area contributed by atoms with E-state index in [9.17, 15) is 9.36 Å². The van der Waals surface area contributed by atoms with E-state index < -0.39 is 19.7 Å². The maximum atomic E-state index is 11.3. The lowest BCUT2D eigenvalue weighted by Crippen LogP contribution is -2.11. The minimum absolute atomic E-state index is 0.0358. The predicted molar refractivity (Wildman–Crippen MR) is 52.2 cm³/mol. The van der Waals surface area contributed by atoms with E-state index in [1.807, 2.05) is 0 Å². The van der Waals surface area contributed by atoms with E-state index in [0.29, 0.717) is 0 Å². The zero-order valence-corrected chi connectivity index (χ0v) is 9.77. The number of hydrogen-bond acceptors (Lipinski definition) is 6. The van der Waals surface area contributed by atoms with Crippen LogP contribution in [0.4, 0.5) is 0 Å². The average molecular weight is 252 g/mol. The third kappa shape index (κ3) is 2.82.